The molecule has 33 heavy (non-hydrogen) atoms. The lowest BCUT2D eigenvalue weighted by Gasteiger charge is -2.32. The number of hydrogen-bond donors (Lipinski definition) is 0. The summed E-state index contributed by atoms with van der Waals surface area (Å²) in [7, 11) is 3.69. The van der Waals surface area contributed by atoms with Crippen LogP contribution in [0, 0.1) is 17.2 Å². The molecule has 0 aliphatic carbocycles. The molecule has 0 N–H and O–H groups in total. The maximum absolute atomic E-state index is 13.8. The summed E-state index contributed by atoms with van der Waals surface area (Å²) in [5, 5.41) is 14.6. The van der Waals surface area contributed by atoms with Gasteiger partial charge in [-0.15, -0.1) is 0 Å². The number of anilines is 1. The van der Waals surface area contributed by atoms with E-state index in [-0.39, 0.29) is 5.56 Å². The molecule has 1 fully saturated rings. The van der Waals surface area contributed by atoms with E-state index in [9.17, 15) is 10.1 Å². The van der Waals surface area contributed by atoms with Crippen molar-refractivity contribution in [2.24, 2.45) is 20.0 Å². The number of benzene rings is 2. The van der Waals surface area contributed by atoms with E-state index in [4.69, 9.17) is 4.98 Å². The summed E-state index contributed by atoms with van der Waals surface area (Å²) in [5.74, 6) is 1.37. The fraction of sp³-hybridized carbons (Fsp3) is 0.308. The maximum atomic E-state index is 13.8. The first kappa shape index (κ1) is 21.0. The Hall–Kier alpha value is -3.92. The van der Waals surface area contributed by atoms with E-state index in [0.717, 1.165) is 48.0 Å². The Kier molecular flexibility index (Phi) is 5.21. The van der Waals surface area contributed by atoms with Crippen LogP contribution in [0.4, 0.5) is 5.95 Å². The molecule has 1 aliphatic heterocycles. The van der Waals surface area contributed by atoms with Crippen LogP contribution in [0.3, 0.4) is 0 Å². The van der Waals surface area contributed by atoms with Crippen molar-refractivity contribution in [2.45, 2.75) is 19.8 Å². The summed E-state index contributed by atoms with van der Waals surface area (Å²) in [4.78, 5) is 21.0. The molecule has 2 aromatic carbocycles. The number of nitrogens with zero attached hydrogens (tertiary/aromatic N) is 6. The number of piperidine rings is 1. The van der Waals surface area contributed by atoms with Gasteiger partial charge in [0.2, 0.25) is 5.95 Å². The average Bonchev–Trinajstić information content (AvgIpc) is 3.20. The van der Waals surface area contributed by atoms with Gasteiger partial charge in [0.1, 0.15) is 0 Å². The third-order valence-corrected chi connectivity index (χ3v) is 6.53. The smallest absolute Gasteiger partial charge is 0.263 e. The van der Waals surface area contributed by atoms with Crippen molar-refractivity contribution in [3.8, 4) is 28.5 Å². The Morgan fingerprint density at radius 2 is 1.73 bits per heavy atom. The van der Waals surface area contributed by atoms with Gasteiger partial charge in [-0.1, -0.05) is 25.1 Å². The molecule has 1 aliphatic rings. The Bertz CT molecular complexity index is 1430. The molecule has 0 radical (unpaired) electrons. The van der Waals surface area contributed by atoms with Crippen molar-refractivity contribution >= 4 is 16.9 Å². The van der Waals surface area contributed by atoms with E-state index < -0.39 is 0 Å². The molecule has 0 amide bonds. The van der Waals surface area contributed by atoms with E-state index >= 15 is 0 Å². The van der Waals surface area contributed by atoms with E-state index in [0.29, 0.717) is 28.7 Å². The van der Waals surface area contributed by atoms with E-state index in [1.807, 2.05) is 43.6 Å². The molecular formula is C26H26N6O. The van der Waals surface area contributed by atoms with Gasteiger partial charge < -0.3 is 4.90 Å². The second-order valence-corrected chi connectivity index (χ2v) is 8.93. The quantitative estimate of drug-likeness (QED) is 0.481. The van der Waals surface area contributed by atoms with Crippen LogP contribution in [0.25, 0.3) is 33.3 Å². The number of aryl methyl sites for hydroxylation is 1. The molecule has 0 atom stereocenters. The van der Waals surface area contributed by atoms with Gasteiger partial charge in [0, 0.05) is 44.3 Å². The molecule has 3 heterocycles. The predicted molar refractivity (Wildman–Crippen MR) is 130 cm³/mol. The Morgan fingerprint density at radius 3 is 2.42 bits per heavy atom. The third-order valence-electron chi connectivity index (χ3n) is 6.53. The molecule has 7 nitrogen and oxygen atoms in total. The zero-order chi connectivity index (χ0) is 23.1. The van der Waals surface area contributed by atoms with Crippen LogP contribution in [0.1, 0.15) is 25.3 Å². The summed E-state index contributed by atoms with van der Waals surface area (Å²) in [6, 6.07) is 15.3. The summed E-state index contributed by atoms with van der Waals surface area (Å²) >= 11 is 0. The second kappa shape index (κ2) is 8.21. The first-order chi connectivity index (χ1) is 15.9. The van der Waals surface area contributed by atoms with Gasteiger partial charge in [0.05, 0.1) is 28.4 Å². The zero-order valence-corrected chi connectivity index (χ0v) is 19.1. The molecule has 0 spiro atoms. The van der Waals surface area contributed by atoms with Crippen molar-refractivity contribution in [1.29, 1.82) is 5.26 Å². The van der Waals surface area contributed by atoms with Gasteiger partial charge in [-0.3, -0.25) is 14.0 Å². The minimum Gasteiger partial charge on any atom is -0.342 e. The maximum Gasteiger partial charge on any atom is 0.263 e. The average molecular weight is 439 g/mol. The van der Waals surface area contributed by atoms with Crippen LogP contribution < -0.4 is 10.5 Å². The van der Waals surface area contributed by atoms with Crippen molar-refractivity contribution < 1.29 is 0 Å². The number of rotatable bonds is 3. The Balaban J connectivity index is 1.73. The second-order valence-electron chi connectivity index (χ2n) is 8.93. The summed E-state index contributed by atoms with van der Waals surface area (Å²) in [5.41, 5.74) is 4.19. The van der Waals surface area contributed by atoms with Crippen LogP contribution in [-0.2, 0) is 14.1 Å². The first-order valence-electron chi connectivity index (χ1n) is 11.2. The zero-order valence-electron chi connectivity index (χ0n) is 19.1. The fourth-order valence-corrected chi connectivity index (χ4v) is 4.56. The summed E-state index contributed by atoms with van der Waals surface area (Å²) in [6.45, 7) is 4.04. The van der Waals surface area contributed by atoms with Gasteiger partial charge in [-0.05, 0) is 48.6 Å². The SMILES string of the molecule is CC1CCN(c2nc(-c3ccc(C#N)cc3)c(-c3ccc4nn(C)cc4c3)c(=O)n2C)CC1. The number of nitriles is 1. The van der Waals surface area contributed by atoms with Crippen LogP contribution in [0.2, 0.25) is 0 Å². The number of hydrogen-bond acceptors (Lipinski definition) is 5. The van der Waals surface area contributed by atoms with Crippen LogP contribution >= 0.6 is 0 Å². The van der Waals surface area contributed by atoms with Gasteiger partial charge in [-0.2, -0.15) is 10.4 Å². The first-order valence-corrected chi connectivity index (χ1v) is 11.2. The summed E-state index contributed by atoms with van der Waals surface area (Å²) < 4.78 is 3.44. The Labute approximate surface area is 192 Å². The highest BCUT2D eigenvalue weighted by atomic mass is 16.1. The largest absolute Gasteiger partial charge is 0.342 e. The van der Waals surface area contributed by atoms with Gasteiger partial charge in [-0.25, -0.2) is 4.98 Å². The topological polar surface area (TPSA) is 79.7 Å². The standard InChI is InChI=1S/C26H26N6O/c1-17-10-12-32(13-11-17)26-28-24(19-6-4-18(15-27)5-7-19)23(25(33)31(26)3)20-8-9-22-21(14-20)16-30(2)29-22/h4-9,14,16-17H,10-13H2,1-3H3. The van der Waals surface area contributed by atoms with Gasteiger partial charge in [0.15, 0.2) is 0 Å². The predicted octanol–water partition coefficient (Wildman–Crippen LogP) is 4.11. The number of aromatic nitrogens is 4. The van der Waals surface area contributed by atoms with Crippen molar-refractivity contribution in [3.63, 3.8) is 0 Å². The van der Waals surface area contributed by atoms with Gasteiger partial charge >= 0.3 is 0 Å². The fourth-order valence-electron chi connectivity index (χ4n) is 4.56. The minimum absolute atomic E-state index is 0.0822. The van der Waals surface area contributed by atoms with E-state index in [1.165, 1.54) is 0 Å². The molecule has 5 rings (SSSR count). The van der Waals surface area contributed by atoms with Crippen molar-refractivity contribution in [3.05, 3.63) is 64.6 Å². The molecule has 0 unspecified atom stereocenters. The Morgan fingerprint density at radius 1 is 1.03 bits per heavy atom. The molecule has 2 aromatic heterocycles. The lowest BCUT2D eigenvalue weighted by atomic mass is 9.98. The molecule has 0 saturated carbocycles. The van der Waals surface area contributed by atoms with Crippen LogP contribution in [-0.4, -0.2) is 32.4 Å². The van der Waals surface area contributed by atoms with Crippen molar-refractivity contribution in [2.75, 3.05) is 18.0 Å². The van der Waals surface area contributed by atoms with E-state index in [1.54, 1.807) is 28.4 Å². The van der Waals surface area contributed by atoms with Crippen LogP contribution in [0.5, 0.6) is 0 Å². The lowest BCUT2D eigenvalue weighted by Crippen LogP contribution is -2.38. The van der Waals surface area contributed by atoms with Gasteiger partial charge in [0.25, 0.3) is 5.56 Å². The monoisotopic (exact) mass is 438 g/mol. The van der Waals surface area contributed by atoms with Crippen LogP contribution in [0.15, 0.2) is 53.5 Å². The molecular weight excluding hydrogens is 412 g/mol. The highest BCUT2D eigenvalue weighted by Gasteiger charge is 2.24. The number of fused-ring (bicyclic) bond motifs is 1. The highest BCUT2D eigenvalue weighted by molar-refractivity contribution is 5.88. The molecule has 7 heteroatoms. The minimum atomic E-state index is -0.0822. The molecule has 4 aromatic rings. The molecule has 166 valence electrons. The highest BCUT2D eigenvalue weighted by Crippen LogP contribution is 2.32. The third kappa shape index (κ3) is 3.78. The van der Waals surface area contributed by atoms with E-state index in [2.05, 4.69) is 23.0 Å². The molecule has 1 saturated heterocycles. The lowest BCUT2D eigenvalue weighted by molar-refractivity contribution is 0.431. The normalized spacial score (nSPS) is 14.5. The van der Waals surface area contributed by atoms with Crippen molar-refractivity contribution in [1.82, 2.24) is 19.3 Å². The molecule has 0 bridgehead atoms. The summed E-state index contributed by atoms with van der Waals surface area (Å²) in [6.07, 6.45) is 4.12.